The summed E-state index contributed by atoms with van der Waals surface area (Å²) in [5, 5.41) is 11.1. The molecule has 1 amide bonds. The first-order chi connectivity index (χ1) is 13.9. The molecule has 2 aromatic rings. The average Bonchev–Trinajstić information content (AvgIpc) is 3.24. The van der Waals surface area contributed by atoms with E-state index in [1.165, 1.54) is 4.90 Å². The number of anilines is 1. The zero-order chi connectivity index (χ0) is 20.7. The molecule has 1 atom stereocenters. The Morgan fingerprint density at radius 3 is 2.66 bits per heavy atom. The van der Waals surface area contributed by atoms with Crippen molar-refractivity contribution >= 4 is 29.0 Å². The number of nitrogens with zero attached hydrogens (tertiary/aromatic N) is 1. The molecule has 7 heteroatoms. The van der Waals surface area contributed by atoms with Crippen LogP contribution >= 0.6 is 11.6 Å². The summed E-state index contributed by atoms with van der Waals surface area (Å²) in [5.41, 5.74) is 1.11. The predicted molar refractivity (Wildman–Crippen MR) is 108 cm³/mol. The third-order valence-electron chi connectivity index (χ3n) is 4.94. The number of carbonyl (C=O) groups is 2. The Labute approximate surface area is 173 Å². The Kier molecular flexibility index (Phi) is 4.96. The number of amides is 1. The normalized spacial score (nSPS) is 18.1. The molecule has 0 fully saturated rings. The van der Waals surface area contributed by atoms with Gasteiger partial charge in [0.05, 0.1) is 11.6 Å². The van der Waals surface area contributed by atoms with Crippen LogP contribution in [-0.2, 0) is 9.59 Å². The zero-order valence-corrected chi connectivity index (χ0v) is 16.8. The number of hydrogen-bond donors (Lipinski definition) is 1. The fourth-order valence-corrected chi connectivity index (χ4v) is 3.90. The van der Waals surface area contributed by atoms with Crippen LogP contribution in [0, 0.1) is 5.92 Å². The molecule has 4 rings (SSSR count). The largest absolute Gasteiger partial charge is 0.503 e. The van der Waals surface area contributed by atoms with Gasteiger partial charge in [-0.25, -0.2) is 0 Å². The van der Waals surface area contributed by atoms with Crippen molar-refractivity contribution in [3.63, 3.8) is 0 Å². The molecular weight excluding hydrogens is 394 g/mol. The van der Waals surface area contributed by atoms with E-state index in [1.54, 1.807) is 42.5 Å². The molecule has 1 unspecified atom stereocenters. The van der Waals surface area contributed by atoms with Gasteiger partial charge < -0.3 is 14.6 Å². The fraction of sp³-hybridized carbons (Fsp3) is 0.273. The Bertz CT molecular complexity index is 1030. The van der Waals surface area contributed by atoms with E-state index in [0.29, 0.717) is 27.8 Å². The second-order valence-electron chi connectivity index (χ2n) is 7.42. The quantitative estimate of drug-likeness (QED) is 0.776. The van der Waals surface area contributed by atoms with Crippen molar-refractivity contribution in [3.05, 3.63) is 64.4 Å². The average molecular weight is 414 g/mol. The number of carbonyl (C=O) groups excluding carboxylic acids is 2. The van der Waals surface area contributed by atoms with Gasteiger partial charge >= 0.3 is 0 Å². The van der Waals surface area contributed by atoms with Gasteiger partial charge in [0, 0.05) is 23.2 Å². The van der Waals surface area contributed by atoms with E-state index in [2.05, 4.69) is 0 Å². The van der Waals surface area contributed by atoms with Crippen LogP contribution in [0.2, 0.25) is 5.02 Å². The molecule has 2 aromatic carbocycles. The van der Waals surface area contributed by atoms with Gasteiger partial charge in [-0.1, -0.05) is 43.6 Å². The monoisotopic (exact) mass is 413 g/mol. The third kappa shape index (κ3) is 3.34. The smallest absolute Gasteiger partial charge is 0.294 e. The summed E-state index contributed by atoms with van der Waals surface area (Å²) in [6.45, 7) is 3.92. The highest BCUT2D eigenvalue weighted by Gasteiger charge is 2.45. The van der Waals surface area contributed by atoms with Gasteiger partial charge in [-0.05, 0) is 29.7 Å². The lowest BCUT2D eigenvalue weighted by Gasteiger charge is -2.28. The molecule has 0 radical (unpaired) electrons. The molecule has 0 aromatic heterocycles. The van der Waals surface area contributed by atoms with Crippen molar-refractivity contribution in [2.45, 2.75) is 26.3 Å². The molecular formula is C22H20ClNO5. The number of benzene rings is 2. The van der Waals surface area contributed by atoms with E-state index in [4.69, 9.17) is 21.1 Å². The predicted octanol–water partition coefficient (Wildman–Crippen LogP) is 4.58. The van der Waals surface area contributed by atoms with Gasteiger partial charge in [0.1, 0.15) is 0 Å². The number of Topliss-reactive ketones (excluding diaryl/α,β-unsaturated/α-hetero) is 1. The van der Waals surface area contributed by atoms with E-state index in [9.17, 15) is 14.7 Å². The topological polar surface area (TPSA) is 76.1 Å². The van der Waals surface area contributed by atoms with Gasteiger partial charge in [0.2, 0.25) is 6.79 Å². The molecule has 0 aliphatic carbocycles. The standard InChI is InChI=1S/C22H20ClNO5/c1-12(2)9-16(25)19-20(14-5-3-4-6-15(14)23)24(22(27)21(19)26)13-7-8-17-18(10-13)29-11-28-17/h3-8,10,12,20,26H,9,11H2,1-2H3. The Morgan fingerprint density at radius 1 is 1.21 bits per heavy atom. The number of aliphatic hydroxyl groups is 1. The van der Waals surface area contributed by atoms with Crippen LogP contribution in [0.5, 0.6) is 11.5 Å². The van der Waals surface area contributed by atoms with Gasteiger partial charge in [0.15, 0.2) is 23.0 Å². The lowest BCUT2D eigenvalue weighted by atomic mass is 9.92. The summed E-state index contributed by atoms with van der Waals surface area (Å²) in [5.74, 6) is -0.333. The molecule has 0 bridgehead atoms. The van der Waals surface area contributed by atoms with Gasteiger partial charge in [-0.2, -0.15) is 0 Å². The van der Waals surface area contributed by atoms with Crippen molar-refractivity contribution in [3.8, 4) is 11.5 Å². The van der Waals surface area contributed by atoms with Crippen LogP contribution in [0.15, 0.2) is 53.8 Å². The molecule has 1 N–H and O–H groups in total. The second kappa shape index (κ2) is 7.44. The maximum atomic E-state index is 13.1. The van der Waals surface area contributed by atoms with E-state index in [-0.39, 0.29) is 30.5 Å². The van der Waals surface area contributed by atoms with E-state index < -0.39 is 17.7 Å². The fourth-order valence-electron chi connectivity index (χ4n) is 3.66. The zero-order valence-electron chi connectivity index (χ0n) is 16.0. The maximum Gasteiger partial charge on any atom is 0.294 e. The van der Waals surface area contributed by atoms with Crippen LogP contribution in [0.4, 0.5) is 5.69 Å². The van der Waals surface area contributed by atoms with E-state index in [1.807, 2.05) is 13.8 Å². The SMILES string of the molecule is CC(C)CC(=O)C1=C(O)C(=O)N(c2ccc3c(c2)OCO3)C1c1ccccc1Cl. The number of ether oxygens (including phenoxy) is 2. The molecule has 2 aliphatic rings. The minimum Gasteiger partial charge on any atom is -0.503 e. The van der Waals surface area contributed by atoms with Crippen molar-refractivity contribution < 1.29 is 24.2 Å². The minimum absolute atomic E-state index is 0.0643. The van der Waals surface area contributed by atoms with E-state index >= 15 is 0 Å². The Hall–Kier alpha value is -2.99. The summed E-state index contributed by atoms with van der Waals surface area (Å²) in [7, 11) is 0. The maximum absolute atomic E-state index is 13.1. The van der Waals surface area contributed by atoms with Crippen LogP contribution in [0.25, 0.3) is 0 Å². The molecule has 0 saturated heterocycles. The lowest BCUT2D eigenvalue weighted by Crippen LogP contribution is -2.31. The van der Waals surface area contributed by atoms with Crippen LogP contribution in [0.3, 0.4) is 0 Å². The Balaban J connectivity index is 1.85. The second-order valence-corrected chi connectivity index (χ2v) is 7.83. The number of hydrogen-bond acceptors (Lipinski definition) is 5. The summed E-state index contributed by atoms with van der Waals surface area (Å²) in [6, 6.07) is 11.2. The van der Waals surface area contributed by atoms with Crippen LogP contribution < -0.4 is 14.4 Å². The van der Waals surface area contributed by atoms with Crippen molar-refractivity contribution in [2.75, 3.05) is 11.7 Å². The summed E-state index contributed by atoms with van der Waals surface area (Å²) < 4.78 is 10.8. The number of aliphatic hydroxyl groups excluding tert-OH is 1. The Morgan fingerprint density at radius 2 is 1.93 bits per heavy atom. The molecule has 29 heavy (non-hydrogen) atoms. The highest BCUT2D eigenvalue weighted by atomic mass is 35.5. The summed E-state index contributed by atoms with van der Waals surface area (Å²) in [6.07, 6.45) is 0.211. The van der Waals surface area contributed by atoms with Crippen molar-refractivity contribution in [1.29, 1.82) is 0 Å². The third-order valence-corrected chi connectivity index (χ3v) is 5.28. The van der Waals surface area contributed by atoms with Gasteiger partial charge in [-0.15, -0.1) is 0 Å². The van der Waals surface area contributed by atoms with Crippen LogP contribution in [-0.4, -0.2) is 23.6 Å². The highest BCUT2D eigenvalue weighted by Crippen LogP contribution is 2.45. The number of fused-ring (bicyclic) bond motifs is 1. The molecule has 0 saturated carbocycles. The number of ketones is 1. The summed E-state index contributed by atoms with van der Waals surface area (Å²) in [4.78, 5) is 27.4. The molecule has 2 aliphatic heterocycles. The van der Waals surface area contributed by atoms with Gasteiger partial charge in [0.25, 0.3) is 5.91 Å². The number of halogens is 1. The lowest BCUT2D eigenvalue weighted by molar-refractivity contribution is -0.118. The molecule has 0 spiro atoms. The van der Waals surface area contributed by atoms with Gasteiger partial charge in [-0.3, -0.25) is 14.5 Å². The van der Waals surface area contributed by atoms with E-state index in [0.717, 1.165) is 0 Å². The molecule has 6 nitrogen and oxygen atoms in total. The molecule has 2 heterocycles. The van der Waals surface area contributed by atoms with Crippen molar-refractivity contribution in [1.82, 2.24) is 0 Å². The first kappa shape index (κ1) is 19.3. The number of rotatable bonds is 5. The first-order valence-electron chi connectivity index (χ1n) is 9.32. The van der Waals surface area contributed by atoms with Crippen molar-refractivity contribution in [2.24, 2.45) is 5.92 Å². The summed E-state index contributed by atoms with van der Waals surface area (Å²) >= 11 is 6.42. The van der Waals surface area contributed by atoms with Crippen LogP contribution in [0.1, 0.15) is 31.9 Å². The molecule has 150 valence electrons. The first-order valence-corrected chi connectivity index (χ1v) is 9.70. The highest BCUT2D eigenvalue weighted by molar-refractivity contribution is 6.31. The minimum atomic E-state index is -0.831.